The van der Waals surface area contributed by atoms with E-state index in [0.29, 0.717) is 10.7 Å². The summed E-state index contributed by atoms with van der Waals surface area (Å²) in [5.74, 6) is -1.09. The number of nitrogens with two attached hydrogens (primary N) is 1. The largest absolute Gasteiger partial charge is 0.478 e. The normalized spacial score (nSPS) is 10.3. The number of aromatic nitrogens is 1. The molecule has 0 amide bonds. The number of nitrogens with zero attached hydrogens (tertiary/aromatic N) is 1. The number of benzene rings is 1. The molecule has 4 nitrogen and oxygen atoms in total. The third-order valence-corrected chi connectivity index (χ3v) is 3.11. The standard InChI is InChI=1S/C13H11ClN2O2/c1-7-8(3-2-4-10(7)14)11-6-5-9(13(17)18)12(15)16-11/h2-6H,1H3,(H2,15,16)(H,17,18). The van der Waals surface area contributed by atoms with Crippen molar-refractivity contribution in [1.82, 2.24) is 4.98 Å². The summed E-state index contributed by atoms with van der Waals surface area (Å²) in [5, 5.41) is 9.52. The maximum Gasteiger partial charge on any atom is 0.339 e. The molecule has 3 N–H and O–H groups in total. The van der Waals surface area contributed by atoms with E-state index in [2.05, 4.69) is 4.98 Å². The van der Waals surface area contributed by atoms with Crippen LogP contribution in [0.3, 0.4) is 0 Å². The summed E-state index contributed by atoms with van der Waals surface area (Å²) in [5.41, 5.74) is 7.95. The van der Waals surface area contributed by atoms with E-state index in [1.165, 1.54) is 6.07 Å². The Hall–Kier alpha value is -2.07. The molecule has 0 aliphatic carbocycles. The number of halogens is 1. The van der Waals surface area contributed by atoms with Crippen molar-refractivity contribution in [3.05, 3.63) is 46.5 Å². The van der Waals surface area contributed by atoms with Crippen LogP contribution < -0.4 is 5.73 Å². The molecular weight excluding hydrogens is 252 g/mol. The first-order valence-electron chi connectivity index (χ1n) is 5.26. The molecule has 18 heavy (non-hydrogen) atoms. The Bertz CT molecular complexity index is 626. The van der Waals surface area contributed by atoms with Crippen LogP contribution in [0, 0.1) is 6.92 Å². The van der Waals surface area contributed by atoms with Gasteiger partial charge >= 0.3 is 5.97 Å². The van der Waals surface area contributed by atoms with Crippen molar-refractivity contribution < 1.29 is 9.90 Å². The Labute approximate surface area is 109 Å². The molecule has 1 aromatic carbocycles. The predicted octanol–water partition coefficient (Wildman–Crippen LogP) is 2.99. The molecule has 5 heteroatoms. The van der Waals surface area contributed by atoms with E-state index in [9.17, 15) is 4.79 Å². The average Bonchev–Trinajstić information content (AvgIpc) is 2.32. The Balaban J connectivity index is 2.56. The molecule has 0 bridgehead atoms. The molecule has 1 heterocycles. The minimum atomic E-state index is -1.09. The Morgan fingerprint density at radius 3 is 2.67 bits per heavy atom. The summed E-state index contributed by atoms with van der Waals surface area (Å²) in [4.78, 5) is 15.0. The highest BCUT2D eigenvalue weighted by Gasteiger charge is 2.12. The third-order valence-electron chi connectivity index (χ3n) is 2.70. The van der Waals surface area contributed by atoms with Crippen molar-refractivity contribution in [2.45, 2.75) is 6.92 Å². The number of carboxylic acid groups (broad SMARTS) is 1. The van der Waals surface area contributed by atoms with Gasteiger partial charge in [-0.1, -0.05) is 23.7 Å². The van der Waals surface area contributed by atoms with Crippen LogP contribution in [0.5, 0.6) is 0 Å². The van der Waals surface area contributed by atoms with Gasteiger partial charge in [0.2, 0.25) is 0 Å². The minimum absolute atomic E-state index is 0.000578. The van der Waals surface area contributed by atoms with Crippen LogP contribution in [-0.4, -0.2) is 16.1 Å². The lowest BCUT2D eigenvalue weighted by atomic mass is 10.0. The second-order valence-corrected chi connectivity index (χ2v) is 4.25. The Morgan fingerprint density at radius 2 is 2.06 bits per heavy atom. The second kappa shape index (κ2) is 4.66. The molecule has 0 unspecified atom stereocenters. The van der Waals surface area contributed by atoms with E-state index in [1.807, 2.05) is 19.1 Å². The summed E-state index contributed by atoms with van der Waals surface area (Å²) >= 11 is 6.03. The quantitative estimate of drug-likeness (QED) is 0.872. The first kappa shape index (κ1) is 12.4. The molecule has 0 saturated carbocycles. The number of anilines is 1. The van der Waals surface area contributed by atoms with Gasteiger partial charge in [-0.3, -0.25) is 0 Å². The number of carboxylic acids is 1. The van der Waals surface area contributed by atoms with Gasteiger partial charge in [0.05, 0.1) is 5.69 Å². The fraction of sp³-hybridized carbons (Fsp3) is 0.0769. The lowest BCUT2D eigenvalue weighted by Crippen LogP contribution is -2.05. The number of pyridine rings is 1. The van der Waals surface area contributed by atoms with Crippen LogP contribution >= 0.6 is 11.6 Å². The molecule has 0 aliphatic heterocycles. The molecule has 0 aliphatic rings. The van der Waals surface area contributed by atoms with Gasteiger partial charge in [-0.15, -0.1) is 0 Å². The van der Waals surface area contributed by atoms with Crippen molar-refractivity contribution in [3.63, 3.8) is 0 Å². The lowest BCUT2D eigenvalue weighted by molar-refractivity contribution is 0.0697. The number of hydrogen-bond donors (Lipinski definition) is 2. The molecule has 92 valence electrons. The zero-order chi connectivity index (χ0) is 13.3. The maximum atomic E-state index is 10.8. The van der Waals surface area contributed by atoms with Crippen molar-refractivity contribution in [2.75, 3.05) is 5.73 Å². The van der Waals surface area contributed by atoms with Crippen LogP contribution in [0.1, 0.15) is 15.9 Å². The molecule has 0 spiro atoms. The predicted molar refractivity (Wildman–Crippen MR) is 70.8 cm³/mol. The Morgan fingerprint density at radius 1 is 1.33 bits per heavy atom. The summed E-state index contributed by atoms with van der Waals surface area (Å²) in [6.07, 6.45) is 0. The third kappa shape index (κ3) is 2.15. The lowest BCUT2D eigenvalue weighted by Gasteiger charge is -2.08. The van der Waals surface area contributed by atoms with Crippen molar-refractivity contribution in [2.24, 2.45) is 0 Å². The molecule has 2 aromatic rings. The fourth-order valence-electron chi connectivity index (χ4n) is 1.69. The van der Waals surface area contributed by atoms with E-state index < -0.39 is 5.97 Å². The highest BCUT2D eigenvalue weighted by Crippen LogP contribution is 2.28. The van der Waals surface area contributed by atoms with Gasteiger partial charge in [-0.25, -0.2) is 9.78 Å². The van der Waals surface area contributed by atoms with E-state index in [-0.39, 0.29) is 11.4 Å². The number of rotatable bonds is 2. The first-order chi connectivity index (χ1) is 8.50. The van der Waals surface area contributed by atoms with Crippen LogP contribution in [0.15, 0.2) is 30.3 Å². The van der Waals surface area contributed by atoms with Gasteiger partial charge in [-0.2, -0.15) is 0 Å². The van der Waals surface area contributed by atoms with Gasteiger partial charge in [0.1, 0.15) is 11.4 Å². The smallest absolute Gasteiger partial charge is 0.339 e. The van der Waals surface area contributed by atoms with E-state index in [4.69, 9.17) is 22.4 Å². The van der Waals surface area contributed by atoms with Crippen molar-refractivity contribution >= 4 is 23.4 Å². The summed E-state index contributed by atoms with van der Waals surface area (Å²) in [6, 6.07) is 8.53. The van der Waals surface area contributed by atoms with Crippen LogP contribution in [0.4, 0.5) is 5.82 Å². The highest BCUT2D eigenvalue weighted by molar-refractivity contribution is 6.31. The van der Waals surface area contributed by atoms with Crippen molar-refractivity contribution in [1.29, 1.82) is 0 Å². The molecule has 1 aromatic heterocycles. The maximum absolute atomic E-state index is 10.8. The van der Waals surface area contributed by atoms with Gasteiger partial charge in [0.25, 0.3) is 0 Å². The zero-order valence-electron chi connectivity index (χ0n) is 9.64. The fourth-order valence-corrected chi connectivity index (χ4v) is 1.87. The SMILES string of the molecule is Cc1c(Cl)cccc1-c1ccc(C(=O)O)c(N)n1. The molecule has 0 fully saturated rings. The summed E-state index contributed by atoms with van der Waals surface area (Å²) < 4.78 is 0. The average molecular weight is 263 g/mol. The van der Waals surface area contributed by atoms with Crippen molar-refractivity contribution in [3.8, 4) is 11.3 Å². The van der Waals surface area contributed by atoms with Gasteiger partial charge in [0, 0.05) is 10.6 Å². The first-order valence-corrected chi connectivity index (χ1v) is 5.64. The van der Waals surface area contributed by atoms with E-state index in [0.717, 1.165) is 11.1 Å². The zero-order valence-corrected chi connectivity index (χ0v) is 10.4. The molecular formula is C13H11ClN2O2. The van der Waals surface area contributed by atoms with Crippen LogP contribution in [-0.2, 0) is 0 Å². The molecule has 0 radical (unpaired) electrons. The number of hydrogen-bond acceptors (Lipinski definition) is 3. The molecule has 0 atom stereocenters. The molecule has 2 rings (SSSR count). The summed E-state index contributed by atoms with van der Waals surface area (Å²) in [7, 11) is 0. The topological polar surface area (TPSA) is 76.2 Å². The van der Waals surface area contributed by atoms with Gasteiger partial charge < -0.3 is 10.8 Å². The minimum Gasteiger partial charge on any atom is -0.478 e. The van der Waals surface area contributed by atoms with E-state index >= 15 is 0 Å². The molecule has 0 saturated heterocycles. The summed E-state index contributed by atoms with van der Waals surface area (Å²) in [6.45, 7) is 1.88. The van der Waals surface area contributed by atoms with Gasteiger partial charge in [-0.05, 0) is 30.7 Å². The highest BCUT2D eigenvalue weighted by atomic mass is 35.5. The van der Waals surface area contributed by atoms with Crippen LogP contribution in [0.2, 0.25) is 5.02 Å². The Kier molecular flexibility index (Phi) is 3.21. The van der Waals surface area contributed by atoms with Crippen LogP contribution in [0.25, 0.3) is 11.3 Å². The number of nitrogen functional groups attached to an aromatic ring is 1. The monoisotopic (exact) mass is 262 g/mol. The van der Waals surface area contributed by atoms with E-state index in [1.54, 1.807) is 12.1 Å². The van der Waals surface area contributed by atoms with Gasteiger partial charge in [0.15, 0.2) is 0 Å². The number of carbonyl (C=O) groups is 1. The number of aromatic carboxylic acids is 1. The second-order valence-electron chi connectivity index (χ2n) is 3.85.